The van der Waals surface area contributed by atoms with Crippen molar-refractivity contribution in [2.45, 2.75) is 4.90 Å². The Morgan fingerprint density at radius 1 is 1.20 bits per heavy atom. The van der Waals surface area contributed by atoms with Crippen LogP contribution in [0.5, 0.6) is 5.75 Å². The van der Waals surface area contributed by atoms with E-state index in [1.165, 1.54) is 50.6 Å². The second-order valence-corrected chi connectivity index (χ2v) is 7.21. The van der Waals surface area contributed by atoms with Crippen molar-refractivity contribution < 1.29 is 22.3 Å². The van der Waals surface area contributed by atoms with E-state index in [1.807, 2.05) is 0 Å². The maximum atomic E-state index is 13.8. The third-order valence-electron chi connectivity index (χ3n) is 3.84. The molecule has 0 atom stereocenters. The number of sulfonamides is 1. The Balaban J connectivity index is 2.09. The molecular formula is C17H15FN2O4S. The van der Waals surface area contributed by atoms with Gasteiger partial charge in [0.15, 0.2) is 11.6 Å². The lowest BCUT2D eigenvalue weighted by Gasteiger charge is -2.06. The van der Waals surface area contributed by atoms with Gasteiger partial charge in [0.25, 0.3) is 5.91 Å². The number of anilines is 1. The highest BCUT2D eigenvalue weighted by atomic mass is 32.2. The molecule has 1 heterocycles. The highest BCUT2D eigenvalue weighted by Gasteiger charge is 2.26. The van der Waals surface area contributed by atoms with E-state index in [0.29, 0.717) is 16.8 Å². The van der Waals surface area contributed by atoms with Crippen LogP contribution in [0.1, 0.15) is 11.1 Å². The van der Waals surface area contributed by atoms with Crippen molar-refractivity contribution in [1.29, 1.82) is 0 Å². The fourth-order valence-corrected chi connectivity index (χ4v) is 3.29. The van der Waals surface area contributed by atoms with Crippen LogP contribution in [0.25, 0.3) is 11.6 Å². The summed E-state index contributed by atoms with van der Waals surface area (Å²) in [4.78, 5) is 12.3. The van der Waals surface area contributed by atoms with Crippen LogP contribution < -0.4 is 14.8 Å². The quantitative estimate of drug-likeness (QED) is 0.817. The molecule has 0 bridgehead atoms. The zero-order valence-electron chi connectivity index (χ0n) is 13.5. The molecular weight excluding hydrogens is 347 g/mol. The second kappa shape index (κ2) is 6.30. The fourth-order valence-electron chi connectivity index (χ4n) is 2.53. The van der Waals surface area contributed by atoms with Gasteiger partial charge in [0.05, 0.1) is 12.0 Å². The topological polar surface area (TPSA) is 84.5 Å². The number of methoxy groups -OCH3 is 1. The van der Waals surface area contributed by atoms with E-state index in [2.05, 4.69) is 10.0 Å². The first kappa shape index (κ1) is 17.1. The molecule has 0 unspecified atom stereocenters. The van der Waals surface area contributed by atoms with Crippen molar-refractivity contribution in [3.63, 3.8) is 0 Å². The van der Waals surface area contributed by atoms with Gasteiger partial charge in [0.1, 0.15) is 0 Å². The third-order valence-corrected chi connectivity index (χ3v) is 5.25. The SMILES string of the molecule is CNS(=O)(=O)c1ccc2c(c1)C(=Cc1ccc(OC)c(F)c1)C(=O)N2. The predicted octanol–water partition coefficient (Wildman–Crippen LogP) is 2.24. The fraction of sp³-hybridized carbons (Fsp3) is 0.118. The van der Waals surface area contributed by atoms with Crippen LogP contribution in [-0.4, -0.2) is 28.5 Å². The van der Waals surface area contributed by atoms with Gasteiger partial charge in [0.2, 0.25) is 10.0 Å². The molecule has 3 rings (SSSR count). The molecule has 130 valence electrons. The van der Waals surface area contributed by atoms with Crippen LogP contribution in [0.15, 0.2) is 41.3 Å². The molecule has 2 aromatic rings. The Morgan fingerprint density at radius 3 is 2.60 bits per heavy atom. The average molecular weight is 362 g/mol. The normalized spacial score (nSPS) is 15.2. The summed E-state index contributed by atoms with van der Waals surface area (Å²) in [5, 5.41) is 2.66. The van der Waals surface area contributed by atoms with E-state index in [-0.39, 0.29) is 22.1 Å². The number of carbonyl (C=O) groups is 1. The molecule has 0 spiro atoms. The average Bonchev–Trinajstić information content (AvgIpc) is 2.90. The summed E-state index contributed by atoms with van der Waals surface area (Å²) < 4.78 is 44.9. The molecule has 1 aliphatic rings. The van der Waals surface area contributed by atoms with E-state index in [4.69, 9.17) is 4.74 Å². The molecule has 6 nitrogen and oxygen atoms in total. The summed E-state index contributed by atoms with van der Waals surface area (Å²) in [5.74, 6) is -0.840. The van der Waals surface area contributed by atoms with Gasteiger partial charge in [-0.25, -0.2) is 17.5 Å². The Bertz CT molecular complexity index is 1000. The standard InChI is InChI=1S/C17H15FN2O4S/c1-19-25(22,23)11-4-5-15-12(9-11)13(17(21)20-15)7-10-3-6-16(24-2)14(18)8-10/h3-9,19H,1-2H3,(H,20,21). The van der Waals surface area contributed by atoms with Gasteiger partial charge in [-0.3, -0.25) is 4.79 Å². The molecule has 0 aromatic heterocycles. The first-order chi connectivity index (χ1) is 11.9. The number of halogens is 1. The van der Waals surface area contributed by atoms with Gasteiger partial charge in [-0.15, -0.1) is 0 Å². The van der Waals surface area contributed by atoms with Crippen LogP contribution in [0.3, 0.4) is 0 Å². The lowest BCUT2D eigenvalue weighted by Crippen LogP contribution is -2.18. The maximum Gasteiger partial charge on any atom is 0.256 e. The van der Waals surface area contributed by atoms with Crippen molar-refractivity contribution >= 4 is 33.3 Å². The largest absolute Gasteiger partial charge is 0.494 e. The van der Waals surface area contributed by atoms with Gasteiger partial charge >= 0.3 is 0 Å². The van der Waals surface area contributed by atoms with E-state index in [0.717, 1.165) is 0 Å². The molecule has 1 amide bonds. The number of hydrogen-bond acceptors (Lipinski definition) is 4. The second-order valence-electron chi connectivity index (χ2n) is 5.32. The first-order valence-corrected chi connectivity index (χ1v) is 8.78. The Morgan fingerprint density at radius 2 is 1.96 bits per heavy atom. The van der Waals surface area contributed by atoms with E-state index in [9.17, 15) is 17.6 Å². The molecule has 2 aromatic carbocycles. The van der Waals surface area contributed by atoms with Crippen molar-refractivity contribution in [1.82, 2.24) is 4.72 Å². The summed E-state index contributed by atoms with van der Waals surface area (Å²) in [6.07, 6.45) is 1.50. The lowest BCUT2D eigenvalue weighted by atomic mass is 10.0. The molecule has 0 fully saturated rings. The first-order valence-electron chi connectivity index (χ1n) is 7.30. The summed E-state index contributed by atoms with van der Waals surface area (Å²) in [6.45, 7) is 0. The van der Waals surface area contributed by atoms with E-state index in [1.54, 1.807) is 6.07 Å². The number of nitrogens with one attached hydrogen (secondary N) is 2. The van der Waals surface area contributed by atoms with Gasteiger partial charge in [-0.1, -0.05) is 6.07 Å². The number of fused-ring (bicyclic) bond motifs is 1. The monoisotopic (exact) mass is 362 g/mol. The Hall–Kier alpha value is -2.71. The van der Waals surface area contributed by atoms with Crippen LogP contribution in [0.2, 0.25) is 0 Å². The minimum absolute atomic E-state index is 0.0389. The molecule has 2 N–H and O–H groups in total. The van der Waals surface area contributed by atoms with Gasteiger partial charge < -0.3 is 10.1 Å². The van der Waals surface area contributed by atoms with Gasteiger partial charge in [-0.05, 0) is 49.0 Å². The van der Waals surface area contributed by atoms with Crippen molar-refractivity contribution in [3.05, 3.63) is 53.3 Å². The maximum absolute atomic E-state index is 13.8. The molecule has 25 heavy (non-hydrogen) atoms. The molecule has 8 heteroatoms. The number of carbonyl (C=O) groups excluding carboxylic acids is 1. The number of amides is 1. The summed E-state index contributed by atoms with van der Waals surface area (Å²) in [5.41, 5.74) is 1.66. The molecule has 0 aliphatic carbocycles. The van der Waals surface area contributed by atoms with Crippen LogP contribution in [-0.2, 0) is 14.8 Å². The van der Waals surface area contributed by atoms with Crippen molar-refractivity contribution in [2.75, 3.05) is 19.5 Å². The highest BCUT2D eigenvalue weighted by Crippen LogP contribution is 2.35. The number of ether oxygens (including phenoxy) is 1. The van der Waals surface area contributed by atoms with Crippen LogP contribution in [0, 0.1) is 5.82 Å². The zero-order valence-corrected chi connectivity index (χ0v) is 14.3. The number of hydrogen-bond donors (Lipinski definition) is 2. The molecule has 0 saturated carbocycles. The Kier molecular flexibility index (Phi) is 4.32. The predicted molar refractivity (Wildman–Crippen MR) is 92.1 cm³/mol. The minimum atomic E-state index is -3.64. The molecule has 1 aliphatic heterocycles. The number of rotatable bonds is 4. The van der Waals surface area contributed by atoms with E-state index >= 15 is 0 Å². The minimum Gasteiger partial charge on any atom is -0.494 e. The molecule has 0 saturated heterocycles. The third kappa shape index (κ3) is 3.13. The Labute approximate surface area is 144 Å². The van der Waals surface area contributed by atoms with Crippen LogP contribution in [0.4, 0.5) is 10.1 Å². The van der Waals surface area contributed by atoms with E-state index < -0.39 is 15.8 Å². The zero-order chi connectivity index (χ0) is 18.2. The summed E-state index contributed by atoms with van der Waals surface area (Å²) in [6, 6.07) is 8.63. The lowest BCUT2D eigenvalue weighted by molar-refractivity contribution is -0.110. The molecule has 0 radical (unpaired) electrons. The van der Waals surface area contributed by atoms with Gasteiger partial charge in [0, 0.05) is 16.8 Å². The van der Waals surface area contributed by atoms with Crippen molar-refractivity contribution in [3.8, 4) is 5.75 Å². The highest BCUT2D eigenvalue weighted by molar-refractivity contribution is 7.89. The van der Waals surface area contributed by atoms with Gasteiger partial charge in [-0.2, -0.15) is 0 Å². The van der Waals surface area contributed by atoms with Crippen molar-refractivity contribution in [2.24, 2.45) is 0 Å². The number of benzene rings is 2. The summed E-state index contributed by atoms with van der Waals surface area (Å²) >= 11 is 0. The summed E-state index contributed by atoms with van der Waals surface area (Å²) in [7, 11) is -0.972. The van der Waals surface area contributed by atoms with Crippen LogP contribution >= 0.6 is 0 Å². The smallest absolute Gasteiger partial charge is 0.256 e.